The standard InChI is InChI=1S/C25H35FN2O7/c1-22(2,3)33-18(29)17(14-25(26)15-12-10-11-13-16(15)27-19(25)30)28(20(31)34-23(4,5)6)21(32)35-24(7,8)9/h10-13,17H,14H2,1-9H3,(H,27,30)/t17-,25?/m0/s1. The molecule has 1 aliphatic rings. The van der Waals surface area contributed by atoms with Crippen LogP contribution in [0, 0.1) is 0 Å². The molecular weight excluding hydrogens is 459 g/mol. The monoisotopic (exact) mass is 494 g/mol. The van der Waals surface area contributed by atoms with Crippen molar-refractivity contribution in [1.82, 2.24) is 4.90 Å². The normalized spacial score (nSPS) is 18.7. The minimum Gasteiger partial charge on any atom is -0.458 e. The van der Waals surface area contributed by atoms with E-state index in [0.717, 1.165) is 0 Å². The lowest BCUT2D eigenvalue weighted by Gasteiger charge is -2.35. The Kier molecular flexibility index (Phi) is 7.59. The molecule has 9 nitrogen and oxygen atoms in total. The average molecular weight is 495 g/mol. The number of halogens is 1. The van der Waals surface area contributed by atoms with Gasteiger partial charge in [-0.25, -0.2) is 18.8 Å². The highest BCUT2D eigenvalue weighted by molar-refractivity contribution is 6.05. The number of fused-ring (bicyclic) bond motifs is 1. The molecule has 1 aromatic carbocycles. The Morgan fingerprint density at radius 3 is 1.80 bits per heavy atom. The molecule has 1 aliphatic heterocycles. The number of esters is 1. The topological polar surface area (TPSA) is 111 Å². The van der Waals surface area contributed by atoms with Gasteiger partial charge in [-0.05, 0) is 68.4 Å². The highest BCUT2D eigenvalue weighted by Crippen LogP contribution is 2.43. The van der Waals surface area contributed by atoms with Gasteiger partial charge in [-0.1, -0.05) is 18.2 Å². The lowest BCUT2D eigenvalue weighted by atomic mass is 9.89. The SMILES string of the molecule is CC(C)(C)OC(=O)[C@H](CC1(F)C(=O)Nc2ccccc21)N(C(=O)OC(C)(C)C)C(=O)OC(C)(C)C. The quantitative estimate of drug-likeness (QED) is 0.459. The summed E-state index contributed by atoms with van der Waals surface area (Å²) in [5.41, 5.74) is -5.68. The second kappa shape index (κ2) is 9.47. The Bertz CT molecular complexity index is 976. The van der Waals surface area contributed by atoms with Gasteiger partial charge in [0.1, 0.15) is 22.8 Å². The summed E-state index contributed by atoms with van der Waals surface area (Å²) in [7, 11) is 0. The minimum absolute atomic E-state index is 0.0214. The maximum absolute atomic E-state index is 16.4. The first-order valence-electron chi connectivity index (χ1n) is 11.3. The molecule has 0 fully saturated rings. The first-order valence-corrected chi connectivity index (χ1v) is 11.3. The van der Waals surface area contributed by atoms with Crippen molar-refractivity contribution in [3.63, 3.8) is 0 Å². The highest BCUT2D eigenvalue weighted by Gasteiger charge is 2.54. The van der Waals surface area contributed by atoms with Gasteiger partial charge in [0.2, 0.25) is 5.67 Å². The number of ether oxygens (including phenoxy) is 3. The molecule has 1 heterocycles. The van der Waals surface area contributed by atoms with Gasteiger partial charge in [-0.2, -0.15) is 4.90 Å². The van der Waals surface area contributed by atoms with Gasteiger partial charge < -0.3 is 19.5 Å². The fourth-order valence-corrected chi connectivity index (χ4v) is 3.35. The van der Waals surface area contributed by atoms with Crippen molar-refractivity contribution in [2.75, 3.05) is 5.32 Å². The van der Waals surface area contributed by atoms with Crippen LogP contribution in [0.25, 0.3) is 0 Å². The number of nitrogens with one attached hydrogen (secondary N) is 1. The van der Waals surface area contributed by atoms with Crippen LogP contribution in [-0.4, -0.2) is 51.8 Å². The van der Waals surface area contributed by atoms with Crippen LogP contribution in [0.3, 0.4) is 0 Å². The summed E-state index contributed by atoms with van der Waals surface area (Å²) in [6.07, 6.45) is -3.38. The largest absolute Gasteiger partial charge is 0.458 e. The molecule has 0 aliphatic carbocycles. The van der Waals surface area contributed by atoms with Crippen LogP contribution in [0.15, 0.2) is 24.3 Å². The lowest BCUT2D eigenvalue weighted by Crippen LogP contribution is -2.55. The molecule has 3 amide bonds. The van der Waals surface area contributed by atoms with E-state index in [1.165, 1.54) is 18.2 Å². The molecule has 0 radical (unpaired) electrons. The van der Waals surface area contributed by atoms with E-state index in [0.29, 0.717) is 4.90 Å². The van der Waals surface area contributed by atoms with Gasteiger partial charge >= 0.3 is 18.2 Å². The number of hydrogen-bond donors (Lipinski definition) is 1. The molecule has 194 valence electrons. The molecule has 0 spiro atoms. The minimum atomic E-state index is -2.74. The fourth-order valence-electron chi connectivity index (χ4n) is 3.35. The van der Waals surface area contributed by atoms with E-state index in [9.17, 15) is 19.2 Å². The molecule has 0 saturated heterocycles. The molecule has 1 unspecified atom stereocenters. The molecule has 10 heteroatoms. The third-order valence-electron chi connectivity index (χ3n) is 4.61. The van der Waals surface area contributed by atoms with Crippen LogP contribution >= 0.6 is 0 Å². The summed E-state index contributed by atoms with van der Waals surface area (Å²) < 4.78 is 32.5. The van der Waals surface area contributed by atoms with Crippen molar-refractivity contribution < 1.29 is 37.8 Å². The van der Waals surface area contributed by atoms with E-state index in [1.807, 2.05) is 0 Å². The first kappa shape index (κ1) is 28.1. The Hall–Kier alpha value is -3.17. The number of alkyl halides is 1. The Morgan fingerprint density at radius 2 is 1.34 bits per heavy atom. The number of carbonyl (C=O) groups excluding carboxylic acids is 4. The third-order valence-corrected chi connectivity index (χ3v) is 4.61. The zero-order chi connectivity index (χ0) is 27.0. The summed E-state index contributed by atoms with van der Waals surface area (Å²) in [4.78, 5) is 52.8. The Morgan fingerprint density at radius 1 is 0.886 bits per heavy atom. The van der Waals surface area contributed by atoms with Crippen molar-refractivity contribution in [2.24, 2.45) is 0 Å². The Balaban J connectivity index is 2.62. The van der Waals surface area contributed by atoms with E-state index >= 15 is 4.39 Å². The first-order chi connectivity index (χ1) is 15.7. The summed E-state index contributed by atoms with van der Waals surface area (Å²) >= 11 is 0. The van der Waals surface area contributed by atoms with E-state index in [2.05, 4.69) is 5.32 Å². The highest BCUT2D eigenvalue weighted by atomic mass is 19.1. The van der Waals surface area contributed by atoms with Crippen LogP contribution in [0.5, 0.6) is 0 Å². The summed E-state index contributed by atoms with van der Waals surface area (Å²) in [6, 6.07) is 4.18. The number of benzene rings is 1. The van der Waals surface area contributed by atoms with Crippen LogP contribution in [0.4, 0.5) is 19.7 Å². The number of rotatable bonds is 4. The molecule has 35 heavy (non-hydrogen) atoms. The van der Waals surface area contributed by atoms with Crippen LogP contribution in [-0.2, 0) is 29.5 Å². The van der Waals surface area contributed by atoms with Crippen LogP contribution in [0.2, 0.25) is 0 Å². The lowest BCUT2D eigenvalue weighted by molar-refractivity contribution is -0.163. The number of imide groups is 1. The zero-order valence-corrected chi connectivity index (χ0v) is 21.8. The van der Waals surface area contributed by atoms with E-state index in [4.69, 9.17) is 14.2 Å². The second-order valence-electron chi connectivity index (χ2n) is 11.4. The number of anilines is 1. The molecule has 1 aromatic rings. The number of para-hydroxylation sites is 1. The summed E-state index contributed by atoms with van der Waals surface area (Å²) in [5.74, 6) is -2.12. The number of hydrogen-bond acceptors (Lipinski definition) is 7. The van der Waals surface area contributed by atoms with E-state index in [-0.39, 0.29) is 11.3 Å². The molecule has 1 N–H and O–H groups in total. The average Bonchev–Trinajstić information content (AvgIpc) is 2.87. The third kappa shape index (κ3) is 7.16. The molecule has 0 aromatic heterocycles. The Labute approximate surface area is 205 Å². The van der Waals surface area contributed by atoms with Crippen molar-refractivity contribution in [3.8, 4) is 0 Å². The van der Waals surface area contributed by atoms with Gasteiger partial charge in [0.05, 0.1) is 0 Å². The van der Waals surface area contributed by atoms with Gasteiger partial charge in [-0.3, -0.25) is 4.79 Å². The number of carbonyl (C=O) groups is 4. The van der Waals surface area contributed by atoms with Crippen molar-refractivity contribution in [2.45, 2.75) is 97.2 Å². The van der Waals surface area contributed by atoms with Crippen molar-refractivity contribution in [3.05, 3.63) is 29.8 Å². The van der Waals surface area contributed by atoms with E-state index < -0.39 is 59.0 Å². The van der Waals surface area contributed by atoms with Crippen LogP contribution in [0.1, 0.15) is 74.3 Å². The van der Waals surface area contributed by atoms with Crippen LogP contribution < -0.4 is 5.32 Å². The second-order valence-corrected chi connectivity index (χ2v) is 11.4. The van der Waals surface area contributed by atoms with Gasteiger partial charge in [0.25, 0.3) is 5.91 Å². The summed E-state index contributed by atoms with van der Waals surface area (Å²) in [6.45, 7) is 14.1. The predicted molar refractivity (Wildman–Crippen MR) is 126 cm³/mol. The maximum atomic E-state index is 16.4. The molecule has 0 bridgehead atoms. The van der Waals surface area contributed by atoms with Gasteiger partial charge in [0, 0.05) is 17.7 Å². The predicted octanol–water partition coefficient (Wildman–Crippen LogP) is 5.08. The smallest absolute Gasteiger partial charge is 0.420 e. The maximum Gasteiger partial charge on any atom is 0.420 e. The number of amides is 3. The fraction of sp³-hybridized carbons (Fsp3) is 0.600. The van der Waals surface area contributed by atoms with Crippen molar-refractivity contribution >= 4 is 29.8 Å². The van der Waals surface area contributed by atoms with Gasteiger partial charge in [-0.15, -0.1) is 0 Å². The summed E-state index contributed by atoms with van der Waals surface area (Å²) in [5, 5.41) is 2.44. The molecule has 0 saturated carbocycles. The van der Waals surface area contributed by atoms with Gasteiger partial charge in [0.15, 0.2) is 0 Å². The number of nitrogens with zero attached hydrogens (tertiary/aromatic N) is 1. The molecular formula is C25H35FN2O7. The van der Waals surface area contributed by atoms with E-state index in [1.54, 1.807) is 68.4 Å². The van der Waals surface area contributed by atoms with Crippen molar-refractivity contribution in [1.29, 1.82) is 0 Å². The zero-order valence-electron chi connectivity index (χ0n) is 21.8. The molecule has 2 rings (SSSR count). The molecule has 2 atom stereocenters.